The van der Waals surface area contributed by atoms with Gasteiger partial charge in [0.1, 0.15) is 0 Å². The van der Waals surface area contributed by atoms with Gasteiger partial charge in [-0.1, -0.05) is 140 Å². The maximum atomic E-state index is 5.18. The van der Waals surface area contributed by atoms with Gasteiger partial charge >= 0.3 is 0 Å². The molecule has 8 aromatic rings. The molecule has 0 aliphatic carbocycles. The van der Waals surface area contributed by atoms with Gasteiger partial charge in [0.15, 0.2) is 17.5 Å². The molecule has 0 radical (unpaired) electrons. The Balaban J connectivity index is 1.45. The molecule has 0 bridgehead atoms. The van der Waals surface area contributed by atoms with Gasteiger partial charge in [-0.3, -0.25) is 0 Å². The molecule has 1 aromatic heterocycles. The quantitative estimate of drug-likeness (QED) is 0.211. The third kappa shape index (κ3) is 4.20. The number of hydrogen-bond donors (Lipinski definition) is 0. The van der Waals surface area contributed by atoms with Crippen molar-refractivity contribution in [2.75, 3.05) is 0 Å². The summed E-state index contributed by atoms with van der Waals surface area (Å²) in [6, 6.07) is 52.8. The lowest BCUT2D eigenvalue weighted by molar-refractivity contribution is 1.08. The van der Waals surface area contributed by atoms with E-state index >= 15 is 0 Å². The lowest BCUT2D eigenvalue weighted by Gasteiger charge is -2.15. The predicted octanol–water partition coefficient (Wildman–Crippen LogP) is 10.00. The molecule has 0 atom stereocenters. The van der Waals surface area contributed by atoms with E-state index in [2.05, 4.69) is 133 Å². The highest BCUT2D eigenvalue weighted by atomic mass is 15.0. The number of nitrogens with zero attached hydrogens (tertiary/aromatic N) is 3. The summed E-state index contributed by atoms with van der Waals surface area (Å²) >= 11 is 0. The van der Waals surface area contributed by atoms with Crippen molar-refractivity contribution < 1.29 is 0 Å². The summed E-state index contributed by atoms with van der Waals surface area (Å²) < 4.78 is 0. The maximum Gasteiger partial charge on any atom is 0.164 e. The average Bonchev–Trinajstić information content (AvgIpc) is 3.08. The standard InChI is InChI=1S/C39H25N3/c1-3-12-27(13-4-1)34-25-35-30(23-22-28-15-8-10-20-32(28)35)24-36(34)39-41-37(29-16-5-2-6-17-29)40-38(42-39)33-21-11-18-26-14-7-9-19-31(26)33/h1-25H. The molecular formula is C39H25N3. The van der Waals surface area contributed by atoms with Crippen LogP contribution in [0.25, 0.3) is 77.6 Å². The lowest BCUT2D eigenvalue weighted by atomic mass is 9.92. The lowest BCUT2D eigenvalue weighted by Crippen LogP contribution is -2.01. The summed E-state index contributed by atoms with van der Waals surface area (Å²) in [6.07, 6.45) is 0. The van der Waals surface area contributed by atoms with E-state index in [4.69, 9.17) is 15.0 Å². The first kappa shape index (κ1) is 24.2. The minimum Gasteiger partial charge on any atom is -0.208 e. The molecule has 0 aliphatic rings. The van der Waals surface area contributed by atoms with Crippen molar-refractivity contribution in [1.29, 1.82) is 0 Å². The molecule has 0 unspecified atom stereocenters. The molecule has 3 nitrogen and oxygen atoms in total. The van der Waals surface area contributed by atoms with Gasteiger partial charge in [-0.05, 0) is 55.6 Å². The molecule has 196 valence electrons. The van der Waals surface area contributed by atoms with E-state index in [1.807, 2.05) is 18.2 Å². The highest BCUT2D eigenvalue weighted by Crippen LogP contribution is 2.38. The molecular weight excluding hydrogens is 510 g/mol. The molecule has 0 aliphatic heterocycles. The van der Waals surface area contributed by atoms with Gasteiger partial charge in [0, 0.05) is 16.7 Å². The highest BCUT2D eigenvalue weighted by molar-refractivity contribution is 6.10. The van der Waals surface area contributed by atoms with Crippen LogP contribution in [0, 0.1) is 0 Å². The van der Waals surface area contributed by atoms with Crippen molar-refractivity contribution in [2.24, 2.45) is 0 Å². The normalized spacial score (nSPS) is 11.3. The molecule has 0 N–H and O–H groups in total. The summed E-state index contributed by atoms with van der Waals surface area (Å²) in [6.45, 7) is 0. The zero-order chi connectivity index (χ0) is 27.9. The molecule has 0 spiro atoms. The molecule has 3 heteroatoms. The molecule has 0 fully saturated rings. The molecule has 42 heavy (non-hydrogen) atoms. The first-order valence-corrected chi connectivity index (χ1v) is 14.1. The number of fused-ring (bicyclic) bond motifs is 4. The third-order valence-electron chi connectivity index (χ3n) is 7.91. The number of rotatable bonds is 4. The summed E-state index contributed by atoms with van der Waals surface area (Å²) in [5, 5.41) is 7.08. The van der Waals surface area contributed by atoms with Crippen LogP contribution < -0.4 is 0 Å². The maximum absolute atomic E-state index is 5.18. The van der Waals surface area contributed by atoms with Crippen molar-refractivity contribution in [3.05, 3.63) is 152 Å². The SMILES string of the molecule is c1ccc(-c2nc(-c3cc4ccc5ccccc5c4cc3-c3ccccc3)nc(-c3cccc4ccccc34)n2)cc1. The smallest absolute Gasteiger partial charge is 0.164 e. The summed E-state index contributed by atoms with van der Waals surface area (Å²) in [5.74, 6) is 1.97. The first-order chi connectivity index (χ1) is 20.8. The van der Waals surface area contributed by atoms with Crippen LogP contribution in [0.15, 0.2) is 152 Å². The third-order valence-corrected chi connectivity index (χ3v) is 7.91. The van der Waals surface area contributed by atoms with E-state index in [-0.39, 0.29) is 0 Å². The zero-order valence-corrected chi connectivity index (χ0v) is 22.8. The Bertz CT molecular complexity index is 2230. The Morgan fingerprint density at radius 2 is 0.833 bits per heavy atom. The Hall–Kier alpha value is -5.67. The monoisotopic (exact) mass is 535 g/mol. The van der Waals surface area contributed by atoms with Gasteiger partial charge in [0.05, 0.1) is 0 Å². The van der Waals surface area contributed by atoms with Gasteiger partial charge in [-0.25, -0.2) is 15.0 Å². The average molecular weight is 536 g/mol. The van der Waals surface area contributed by atoms with Crippen molar-refractivity contribution in [1.82, 2.24) is 15.0 Å². The zero-order valence-electron chi connectivity index (χ0n) is 22.8. The Kier molecular flexibility index (Phi) is 5.79. The van der Waals surface area contributed by atoms with E-state index < -0.39 is 0 Å². The van der Waals surface area contributed by atoms with Crippen LogP contribution in [0.3, 0.4) is 0 Å². The van der Waals surface area contributed by atoms with E-state index in [0.29, 0.717) is 17.5 Å². The van der Waals surface area contributed by atoms with E-state index in [9.17, 15) is 0 Å². The van der Waals surface area contributed by atoms with Gasteiger partial charge in [0.25, 0.3) is 0 Å². The second-order valence-electron chi connectivity index (χ2n) is 10.5. The van der Waals surface area contributed by atoms with Crippen LogP contribution in [0.2, 0.25) is 0 Å². The Morgan fingerprint density at radius 1 is 0.286 bits per heavy atom. The molecule has 7 aromatic carbocycles. The van der Waals surface area contributed by atoms with Crippen molar-refractivity contribution in [2.45, 2.75) is 0 Å². The van der Waals surface area contributed by atoms with E-state index in [0.717, 1.165) is 44.0 Å². The van der Waals surface area contributed by atoms with Crippen LogP contribution in [0.4, 0.5) is 0 Å². The largest absolute Gasteiger partial charge is 0.208 e. The number of benzene rings is 7. The van der Waals surface area contributed by atoms with Gasteiger partial charge in [-0.2, -0.15) is 0 Å². The van der Waals surface area contributed by atoms with Crippen molar-refractivity contribution in [3.8, 4) is 45.3 Å². The molecule has 0 saturated heterocycles. The molecule has 0 saturated carbocycles. The molecule has 1 heterocycles. The summed E-state index contributed by atoms with van der Waals surface area (Å²) in [7, 11) is 0. The Labute approximate surface area is 243 Å². The van der Waals surface area contributed by atoms with Gasteiger partial charge in [-0.15, -0.1) is 0 Å². The summed E-state index contributed by atoms with van der Waals surface area (Å²) in [4.78, 5) is 15.3. The van der Waals surface area contributed by atoms with Crippen LogP contribution in [-0.2, 0) is 0 Å². The van der Waals surface area contributed by atoms with Crippen molar-refractivity contribution >= 4 is 32.3 Å². The second kappa shape index (κ2) is 10.1. The Morgan fingerprint density at radius 3 is 1.60 bits per heavy atom. The van der Waals surface area contributed by atoms with E-state index in [1.165, 1.54) is 16.2 Å². The fourth-order valence-electron chi connectivity index (χ4n) is 5.85. The minimum atomic E-state index is 0.653. The van der Waals surface area contributed by atoms with Crippen LogP contribution in [0.5, 0.6) is 0 Å². The van der Waals surface area contributed by atoms with Gasteiger partial charge < -0.3 is 0 Å². The fourth-order valence-corrected chi connectivity index (χ4v) is 5.85. The minimum absolute atomic E-state index is 0.653. The first-order valence-electron chi connectivity index (χ1n) is 14.1. The van der Waals surface area contributed by atoms with Crippen LogP contribution in [0.1, 0.15) is 0 Å². The number of hydrogen-bond acceptors (Lipinski definition) is 3. The summed E-state index contributed by atoms with van der Waals surface area (Å²) in [5.41, 5.74) is 5.13. The molecule has 8 rings (SSSR count). The fraction of sp³-hybridized carbons (Fsp3) is 0. The van der Waals surface area contributed by atoms with E-state index in [1.54, 1.807) is 0 Å². The van der Waals surface area contributed by atoms with Crippen molar-refractivity contribution in [3.63, 3.8) is 0 Å². The van der Waals surface area contributed by atoms with Gasteiger partial charge in [0.2, 0.25) is 0 Å². The topological polar surface area (TPSA) is 38.7 Å². The van der Waals surface area contributed by atoms with Crippen LogP contribution in [-0.4, -0.2) is 15.0 Å². The second-order valence-corrected chi connectivity index (χ2v) is 10.5. The predicted molar refractivity (Wildman–Crippen MR) is 174 cm³/mol. The number of aromatic nitrogens is 3. The highest BCUT2D eigenvalue weighted by Gasteiger charge is 2.18. The molecule has 0 amide bonds. The van der Waals surface area contributed by atoms with Crippen LogP contribution >= 0.6 is 0 Å².